The summed E-state index contributed by atoms with van der Waals surface area (Å²) in [5.74, 6) is -1.72. The lowest BCUT2D eigenvalue weighted by Gasteiger charge is -2.51. The van der Waals surface area contributed by atoms with Gasteiger partial charge in [-0.3, -0.25) is 19.3 Å². The van der Waals surface area contributed by atoms with Crippen LogP contribution in [0.4, 0.5) is 0 Å². The summed E-state index contributed by atoms with van der Waals surface area (Å²) >= 11 is 2.21. The Morgan fingerprint density at radius 2 is 1.70 bits per heavy atom. The van der Waals surface area contributed by atoms with Crippen LogP contribution in [0.1, 0.15) is 39.7 Å². The van der Waals surface area contributed by atoms with E-state index in [9.17, 15) is 14.4 Å². The molecule has 2 bridgehead atoms. The maximum absolute atomic E-state index is 13.7. The molecule has 0 aromatic heterocycles. The molecule has 0 radical (unpaired) electrons. The predicted molar refractivity (Wildman–Crippen MR) is 135 cm³/mol. The Morgan fingerprint density at radius 3 is 2.27 bits per heavy atom. The van der Waals surface area contributed by atoms with Crippen molar-refractivity contribution in [2.24, 2.45) is 23.7 Å². The average Bonchev–Trinajstić information content (AvgIpc) is 2.96. The van der Waals surface area contributed by atoms with Crippen LogP contribution >= 0.6 is 22.6 Å². The minimum Gasteiger partial charge on any atom is -0.430 e. The zero-order chi connectivity index (χ0) is 24.3. The van der Waals surface area contributed by atoms with Gasteiger partial charge in [-0.05, 0) is 52.7 Å². The molecular formula is C25H32INO5Si. The van der Waals surface area contributed by atoms with E-state index < -0.39 is 26.1 Å². The third-order valence-corrected chi connectivity index (χ3v) is 13.5. The number of likely N-dealkylation sites (tertiary alicyclic amines) is 1. The highest BCUT2D eigenvalue weighted by Crippen LogP contribution is 2.59. The molecular weight excluding hydrogens is 549 g/mol. The number of fused-ring (bicyclic) bond motifs is 1. The van der Waals surface area contributed by atoms with Crippen molar-refractivity contribution < 1.29 is 23.5 Å². The first-order valence-corrected chi connectivity index (χ1v) is 15.5. The van der Waals surface area contributed by atoms with E-state index in [0.717, 1.165) is 9.14 Å². The molecule has 0 N–H and O–H groups in total. The first kappa shape index (κ1) is 24.6. The number of hydrogen-bond donors (Lipinski definition) is 0. The predicted octanol–water partition coefficient (Wildman–Crippen LogP) is 5.04. The smallest absolute Gasteiger partial charge is 0.307 e. The second-order valence-electron chi connectivity index (χ2n) is 10.9. The van der Waals surface area contributed by atoms with Gasteiger partial charge in [-0.1, -0.05) is 51.1 Å². The summed E-state index contributed by atoms with van der Waals surface area (Å²) in [6, 6.07) is 9.57. The summed E-state index contributed by atoms with van der Waals surface area (Å²) in [6.07, 6.45) is 0.419. The SMILES string of the molecule is CC(=O)OC1=C(I)[C@@H]2[C@@H]3C(=O)N(Cc4ccccc4)C(=O)[C@@H]3[C@H]1C[C@H]2O[Si](C)(C)C(C)(C)C. The van der Waals surface area contributed by atoms with Crippen molar-refractivity contribution in [3.8, 4) is 0 Å². The van der Waals surface area contributed by atoms with Gasteiger partial charge in [-0.25, -0.2) is 0 Å². The van der Waals surface area contributed by atoms with Crippen LogP contribution in [0, 0.1) is 23.7 Å². The van der Waals surface area contributed by atoms with E-state index in [1.165, 1.54) is 11.8 Å². The van der Waals surface area contributed by atoms with Gasteiger partial charge in [0.1, 0.15) is 5.76 Å². The molecule has 5 atom stereocenters. The number of imide groups is 1. The van der Waals surface area contributed by atoms with E-state index in [-0.39, 0.29) is 41.3 Å². The van der Waals surface area contributed by atoms with Crippen LogP contribution in [0.15, 0.2) is 39.7 Å². The van der Waals surface area contributed by atoms with Crippen molar-refractivity contribution in [2.45, 2.75) is 64.9 Å². The van der Waals surface area contributed by atoms with Gasteiger partial charge in [0.2, 0.25) is 11.8 Å². The number of carbonyl (C=O) groups is 3. The summed E-state index contributed by atoms with van der Waals surface area (Å²) in [4.78, 5) is 40.5. The number of allylic oxidation sites excluding steroid dienone is 1. The summed E-state index contributed by atoms with van der Waals surface area (Å²) in [7, 11) is -2.12. The highest BCUT2D eigenvalue weighted by Gasteiger charge is 2.64. The monoisotopic (exact) mass is 581 g/mol. The molecule has 1 aromatic rings. The van der Waals surface area contributed by atoms with Crippen LogP contribution in [0.5, 0.6) is 0 Å². The minimum atomic E-state index is -2.12. The lowest BCUT2D eigenvalue weighted by molar-refractivity contribution is -0.143. The fourth-order valence-corrected chi connectivity index (χ4v) is 7.81. The van der Waals surface area contributed by atoms with Crippen molar-refractivity contribution >= 4 is 48.7 Å². The van der Waals surface area contributed by atoms with E-state index in [2.05, 4.69) is 56.5 Å². The Kier molecular flexibility index (Phi) is 6.41. The molecule has 4 aliphatic rings. The molecule has 3 aliphatic carbocycles. The zero-order valence-electron chi connectivity index (χ0n) is 20.1. The first-order chi connectivity index (χ1) is 15.3. The molecule has 1 aromatic carbocycles. The summed E-state index contributed by atoms with van der Waals surface area (Å²) < 4.78 is 13.3. The van der Waals surface area contributed by atoms with Gasteiger partial charge in [0.05, 0.1) is 24.5 Å². The highest BCUT2D eigenvalue weighted by atomic mass is 127. The molecule has 178 valence electrons. The van der Waals surface area contributed by atoms with Crippen LogP contribution < -0.4 is 0 Å². The van der Waals surface area contributed by atoms with E-state index in [1.54, 1.807) is 0 Å². The largest absolute Gasteiger partial charge is 0.430 e. The lowest BCUT2D eigenvalue weighted by Crippen LogP contribution is -2.55. The molecule has 1 aliphatic heterocycles. The van der Waals surface area contributed by atoms with Crippen molar-refractivity contribution in [1.82, 2.24) is 4.90 Å². The van der Waals surface area contributed by atoms with Gasteiger partial charge >= 0.3 is 5.97 Å². The van der Waals surface area contributed by atoms with Crippen LogP contribution in [0.3, 0.4) is 0 Å². The van der Waals surface area contributed by atoms with Crippen molar-refractivity contribution in [1.29, 1.82) is 0 Å². The summed E-state index contributed by atoms with van der Waals surface area (Å²) in [5, 5.41) is 0.0196. The molecule has 33 heavy (non-hydrogen) atoms. The van der Waals surface area contributed by atoms with E-state index in [1.807, 2.05) is 30.3 Å². The van der Waals surface area contributed by atoms with E-state index in [0.29, 0.717) is 12.2 Å². The van der Waals surface area contributed by atoms with Gasteiger partial charge in [-0.15, -0.1) is 0 Å². The molecule has 2 amide bonds. The standard InChI is InChI=1S/C25H32INO5Si/c1-14(28)31-22-16-12-17(32-33(5,6)25(2,3)4)19(21(22)26)20-18(16)23(29)27(24(20)30)13-15-10-8-7-9-11-15/h7-11,16-20H,12-13H2,1-6H3/t16-,17-,18-,19+,20-/m1/s1. The molecule has 6 nitrogen and oxygen atoms in total. The lowest BCUT2D eigenvalue weighted by atomic mass is 9.61. The maximum atomic E-state index is 13.7. The quantitative estimate of drug-likeness (QED) is 0.211. The second kappa shape index (κ2) is 8.60. The molecule has 1 saturated carbocycles. The molecule has 8 heteroatoms. The molecule has 0 unspecified atom stereocenters. The summed E-state index contributed by atoms with van der Waals surface area (Å²) in [5.41, 5.74) is 0.919. The average molecular weight is 582 g/mol. The van der Waals surface area contributed by atoms with Gasteiger partial charge < -0.3 is 9.16 Å². The number of ether oxygens (including phenoxy) is 1. The number of amides is 2. The van der Waals surface area contributed by atoms with Crippen molar-refractivity contribution in [3.05, 3.63) is 45.2 Å². The maximum Gasteiger partial charge on any atom is 0.307 e. The Bertz CT molecular complexity index is 1020. The minimum absolute atomic E-state index is 0.0196. The topological polar surface area (TPSA) is 72.9 Å². The van der Waals surface area contributed by atoms with Gasteiger partial charge in [-0.2, -0.15) is 0 Å². The third-order valence-electron chi connectivity index (χ3n) is 7.75. The van der Waals surface area contributed by atoms with Gasteiger partial charge in [0.15, 0.2) is 8.32 Å². The van der Waals surface area contributed by atoms with Crippen LogP contribution in [-0.4, -0.2) is 37.1 Å². The zero-order valence-corrected chi connectivity index (χ0v) is 23.2. The summed E-state index contributed by atoms with van der Waals surface area (Å²) in [6.45, 7) is 12.6. The first-order valence-electron chi connectivity index (χ1n) is 11.5. The molecule has 1 heterocycles. The molecule has 2 fully saturated rings. The van der Waals surface area contributed by atoms with Crippen LogP contribution in [0.25, 0.3) is 0 Å². The van der Waals surface area contributed by atoms with Crippen LogP contribution in [-0.2, 0) is 30.1 Å². The van der Waals surface area contributed by atoms with Crippen LogP contribution in [0.2, 0.25) is 18.1 Å². The molecule has 0 spiro atoms. The molecule has 1 saturated heterocycles. The van der Waals surface area contributed by atoms with E-state index in [4.69, 9.17) is 9.16 Å². The number of carbonyl (C=O) groups excluding carboxylic acids is 3. The number of nitrogens with zero attached hydrogens (tertiary/aromatic N) is 1. The third kappa shape index (κ3) is 4.23. The fraction of sp³-hybridized carbons (Fsp3) is 0.560. The Balaban J connectivity index is 1.71. The Morgan fingerprint density at radius 1 is 1.09 bits per heavy atom. The van der Waals surface area contributed by atoms with Gasteiger partial charge in [0, 0.05) is 22.3 Å². The second-order valence-corrected chi connectivity index (χ2v) is 16.8. The fourth-order valence-electron chi connectivity index (χ4n) is 5.16. The van der Waals surface area contributed by atoms with Crippen molar-refractivity contribution in [3.63, 3.8) is 0 Å². The number of benzene rings is 1. The van der Waals surface area contributed by atoms with E-state index >= 15 is 0 Å². The number of hydrogen-bond acceptors (Lipinski definition) is 5. The number of halogens is 1. The highest BCUT2D eigenvalue weighted by molar-refractivity contribution is 14.1. The number of esters is 1. The van der Waals surface area contributed by atoms with Gasteiger partial charge in [0.25, 0.3) is 0 Å². The van der Waals surface area contributed by atoms with Crippen molar-refractivity contribution in [2.75, 3.05) is 0 Å². The normalized spacial score (nSPS) is 29.5. The Labute approximate surface area is 210 Å². The molecule has 5 rings (SSSR count). The Hall–Kier alpha value is -1.52. The number of rotatable bonds is 5.